The fourth-order valence-electron chi connectivity index (χ4n) is 4.01. The minimum Gasteiger partial charge on any atom is -0.352 e. The fourth-order valence-corrected chi connectivity index (χ4v) is 4.01. The molecule has 0 aliphatic carbocycles. The lowest BCUT2D eigenvalue weighted by Crippen LogP contribution is -2.44. The number of carbonyl (C=O) groups is 1. The molecule has 1 saturated heterocycles. The van der Waals surface area contributed by atoms with Gasteiger partial charge in [-0.3, -0.25) is 4.79 Å². The largest absolute Gasteiger partial charge is 0.352 e. The van der Waals surface area contributed by atoms with Gasteiger partial charge in [0, 0.05) is 17.6 Å². The van der Waals surface area contributed by atoms with E-state index in [1.165, 1.54) is 5.56 Å². The van der Waals surface area contributed by atoms with Gasteiger partial charge in [-0.25, -0.2) is 9.67 Å². The van der Waals surface area contributed by atoms with E-state index in [2.05, 4.69) is 58.5 Å². The first-order valence-electron chi connectivity index (χ1n) is 9.88. The first kappa shape index (κ1) is 18.6. The number of benzene rings is 1. The number of piperidine rings is 1. The van der Waals surface area contributed by atoms with E-state index in [-0.39, 0.29) is 18.5 Å². The molecular weight excluding hydrogens is 350 g/mol. The Bertz CT molecular complexity index is 1000. The van der Waals surface area contributed by atoms with E-state index >= 15 is 0 Å². The van der Waals surface area contributed by atoms with Crippen molar-refractivity contribution in [2.75, 3.05) is 20.1 Å². The molecule has 1 aliphatic heterocycles. The summed E-state index contributed by atoms with van der Waals surface area (Å²) in [6.07, 6.45) is 3.79. The van der Waals surface area contributed by atoms with Crippen LogP contribution in [0.5, 0.6) is 0 Å². The molecule has 0 spiro atoms. The number of hydrogen-bond donors (Lipinski definition) is 1. The molecule has 3 heterocycles. The highest BCUT2D eigenvalue weighted by molar-refractivity contribution is 5.95. The number of carbonyl (C=O) groups excluding carboxylic acids is 1. The van der Waals surface area contributed by atoms with Gasteiger partial charge in [-0.05, 0) is 64.0 Å². The van der Waals surface area contributed by atoms with Gasteiger partial charge in [0.2, 0.25) is 5.91 Å². The predicted molar refractivity (Wildman–Crippen MR) is 111 cm³/mol. The molecule has 1 N–H and O–H groups in total. The van der Waals surface area contributed by atoms with E-state index in [9.17, 15) is 4.79 Å². The highest BCUT2D eigenvalue weighted by Crippen LogP contribution is 2.30. The van der Waals surface area contributed by atoms with Gasteiger partial charge < -0.3 is 10.2 Å². The molecule has 0 bridgehead atoms. The molecule has 28 heavy (non-hydrogen) atoms. The van der Waals surface area contributed by atoms with Crippen molar-refractivity contribution in [3.05, 3.63) is 47.8 Å². The second-order valence-corrected chi connectivity index (χ2v) is 7.81. The number of aryl methyl sites for hydroxylation is 2. The topological polar surface area (TPSA) is 63.1 Å². The first-order valence-corrected chi connectivity index (χ1v) is 9.88. The normalized spacial score (nSPS) is 15.8. The second kappa shape index (κ2) is 7.72. The Morgan fingerprint density at radius 1 is 1.21 bits per heavy atom. The predicted octanol–water partition coefficient (Wildman–Crippen LogP) is 2.93. The molecule has 0 radical (unpaired) electrons. The molecule has 1 fully saturated rings. The van der Waals surface area contributed by atoms with Crippen LogP contribution >= 0.6 is 0 Å². The number of rotatable bonds is 4. The maximum absolute atomic E-state index is 12.6. The number of aromatic nitrogens is 3. The summed E-state index contributed by atoms with van der Waals surface area (Å²) in [4.78, 5) is 19.4. The maximum Gasteiger partial charge on any atom is 0.242 e. The summed E-state index contributed by atoms with van der Waals surface area (Å²) in [6, 6.07) is 10.7. The Hall–Kier alpha value is -2.73. The maximum atomic E-state index is 12.6. The molecule has 3 aromatic rings. The van der Waals surface area contributed by atoms with Crippen molar-refractivity contribution in [2.24, 2.45) is 0 Å². The molecular formula is C22H27N5O. The van der Waals surface area contributed by atoms with Crippen LogP contribution in [0.1, 0.15) is 24.1 Å². The van der Waals surface area contributed by atoms with Crippen LogP contribution in [-0.4, -0.2) is 51.8 Å². The van der Waals surface area contributed by atoms with Crippen LogP contribution in [0.15, 0.2) is 36.5 Å². The second-order valence-electron chi connectivity index (χ2n) is 7.81. The van der Waals surface area contributed by atoms with Gasteiger partial charge in [-0.1, -0.05) is 29.8 Å². The van der Waals surface area contributed by atoms with Crippen LogP contribution in [0.25, 0.3) is 22.2 Å². The molecule has 0 saturated carbocycles. The van der Waals surface area contributed by atoms with Crippen LogP contribution in [0.4, 0.5) is 0 Å². The third kappa shape index (κ3) is 3.78. The highest BCUT2D eigenvalue weighted by atomic mass is 16.2. The van der Waals surface area contributed by atoms with Crippen molar-refractivity contribution < 1.29 is 4.79 Å². The minimum atomic E-state index is 0.00158. The Morgan fingerprint density at radius 2 is 2.00 bits per heavy atom. The Balaban J connectivity index is 1.59. The van der Waals surface area contributed by atoms with Gasteiger partial charge in [0.05, 0.1) is 5.69 Å². The van der Waals surface area contributed by atoms with Crippen molar-refractivity contribution >= 4 is 16.9 Å². The highest BCUT2D eigenvalue weighted by Gasteiger charge is 2.20. The van der Waals surface area contributed by atoms with Gasteiger partial charge in [0.1, 0.15) is 6.54 Å². The number of pyridine rings is 1. The zero-order valence-corrected chi connectivity index (χ0v) is 16.8. The molecule has 0 atom stereocenters. The fraction of sp³-hybridized carbons (Fsp3) is 0.409. The Morgan fingerprint density at radius 3 is 2.75 bits per heavy atom. The lowest BCUT2D eigenvalue weighted by molar-refractivity contribution is -0.122. The average Bonchev–Trinajstić information content (AvgIpc) is 2.99. The van der Waals surface area contributed by atoms with Gasteiger partial charge >= 0.3 is 0 Å². The molecule has 6 nitrogen and oxygen atoms in total. The quantitative estimate of drug-likeness (QED) is 0.759. The zero-order chi connectivity index (χ0) is 19.7. The van der Waals surface area contributed by atoms with Crippen LogP contribution < -0.4 is 5.32 Å². The van der Waals surface area contributed by atoms with Crippen LogP contribution in [0.2, 0.25) is 0 Å². The standard InChI is InChI=1S/C22H27N5O/c1-15-5-4-6-17(13-15)19-7-10-23-22-21(19)16(2)25-27(22)14-20(28)24-18-8-11-26(3)12-9-18/h4-7,10,13,18H,8-9,11-12,14H2,1-3H3,(H,24,28). The smallest absolute Gasteiger partial charge is 0.242 e. The summed E-state index contributed by atoms with van der Waals surface area (Å²) in [6.45, 7) is 6.31. The molecule has 1 aliphatic rings. The van der Waals surface area contributed by atoms with Crippen molar-refractivity contribution in [1.82, 2.24) is 25.0 Å². The molecule has 146 valence electrons. The number of amides is 1. The Labute approximate surface area is 165 Å². The number of fused-ring (bicyclic) bond motifs is 1. The van der Waals surface area contributed by atoms with Gasteiger partial charge in [-0.2, -0.15) is 5.10 Å². The zero-order valence-electron chi connectivity index (χ0n) is 16.8. The number of nitrogens with one attached hydrogen (secondary N) is 1. The number of hydrogen-bond acceptors (Lipinski definition) is 4. The first-order chi connectivity index (χ1) is 13.5. The molecule has 6 heteroatoms. The number of nitrogens with zero attached hydrogens (tertiary/aromatic N) is 4. The van der Waals surface area contributed by atoms with E-state index in [0.29, 0.717) is 0 Å². The van der Waals surface area contributed by atoms with Crippen molar-refractivity contribution in [2.45, 2.75) is 39.3 Å². The summed E-state index contributed by atoms with van der Waals surface area (Å²) in [7, 11) is 2.12. The van der Waals surface area contributed by atoms with Crippen molar-refractivity contribution in [3.63, 3.8) is 0 Å². The van der Waals surface area contributed by atoms with Crippen LogP contribution in [0.3, 0.4) is 0 Å². The van der Waals surface area contributed by atoms with E-state index < -0.39 is 0 Å². The molecule has 0 unspecified atom stereocenters. The lowest BCUT2D eigenvalue weighted by atomic mass is 10.0. The molecule has 1 amide bonds. The number of likely N-dealkylation sites (tertiary alicyclic amines) is 1. The van der Waals surface area contributed by atoms with Crippen LogP contribution in [-0.2, 0) is 11.3 Å². The third-order valence-electron chi connectivity index (χ3n) is 5.51. The lowest BCUT2D eigenvalue weighted by Gasteiger charge is -2.29. The van der Waals surface area contributed by atoms with E-state index in [0.717, 1.165) is 53.8 Å². The van der Waals surface area contributed by atoms with Gasteiger partial charge in [0.15, 0.2) is 5.65 Å². The van der Waals surface area contributed by atoms with E-state index in [4.69, 9.17) is 0 Å². The minimum absolute atomic E-state index is 0.00158. The van der Waals surface area contributed by atoms with Crippen LogP contribution in [0, 0.1) is 13.8 Å². The van der Waals surface area contributed by atoms with Gasteiger partial charge in [-0.15, -0.1) is 0 Å². The molecule has 2 aromatic heterocycles. The van der Waals surface area contributed by atoms with E-state index in [1.807, 2.05) is 13.0 Å². The summed E-state index contributed by atoms with van der Waals surface area (Å²) in [5, 5.41) is 8.80. The SMILES string of the molecule is Cc1cccc(-c2ccnc3c2c(C)nn3CC(=O)NC2CCN(C)CC2)c1. The third-order valence-corrected chi connectivity index (χ3v) is 5.51. The monoisotopic (exact) mass is 377 g/mol. The van der Waals surface area contributed by atoms with Crippen molar-refractivity contribution in [3.8, 4) is 11.1 Å². The summed E-state index contributed by atoms with van der Waals surface area (Å²) >= 11 is 0. The summed E-state index contributed by atoms with van der Waals surface area (Å²) < 4.78 is 1.73. The van der Waals surface area contributed by atoms with Crippen molar-refractivity contribution in [1.29, 1.82) is 0 Å². The summed E-state index contributed by atoms with van der Waals surface area (Å²) in [5.74, 6) is 0.00158. The Kier molecular flexibility index (Phi) is 5.13. The molecule has 4 rings (SSSR count). The van der Waals surface area contributed by atoms with E-state index in [1.54, 1.807) is 10.9 Å². The molecule has 1 aromatic carbocycles. The average molecular weight is 377 g/mol. The summed E-state index contributed by atoms with van der Waals surface area (Å²) in [5.41, 5.74) is 5.12. The van der Waals surface area contributed by atoms with Gasteiger partial charge in [0.25, 0.3) is 0 Å².